The Morgan fingerprint density at radius 3 is 1.78 bits per heavy atom. The molecule has 0 N–H and O–H groups in total. The fourth-order valence-electron chi connectivity index (χ4n) is 2.92. The molecule has 2 aromatic rings. The molecule has 1 nitrogen and oxygen atoms in total. The summed E-state index contributed by atoms with van der Waals surface area (Å²) in [5.41, 5.74) is 0.392. The summed E-state index contributed by atoms with van der Waals surface area (Å²) >= 11 is 0. The van der Waals surface area contributed by atoms with Crippen LogP contribution in [0.15, 0.2) is 60.7 Å². The first kappa shape index (κ1) is 18.2. The predicted octanol–water partition coefficient (Wildman–Crippen LogP) is 5.51. The third-order valence-electron chi connectivity index (χ3n) is 3.77. The smallest absolute Gasteiger partial charge is 0.0917 e. The molecule has 0 amide bonds. The summed E-state index contributed by atoms with van der Waals surface area (Å²) in [6.45, 7) is 10.1. The second kappa shape index (κ2) is 8.62. The molecule has 0 saturated heterocycles. The molecule has 0 aliphatic carbocycles. The first-order chi connectivity index (χ1) is 11.0. The van der Waals surface area contributed by atoms with Crippen LogP contribution in [0.2, 0.25) is 0 Å². The molecule has 0 saturated carbocycles. The Kier molecular flexibility index (Phi) is 6.81. The molecule has 0 bridgehead atoms. The zero-order chi connectivity index (χ0) is 16.7. The van der Waals surface area contributed by atoms with Crippen LogP contribution >= 0.6 is 8.15 Å². The monoisotopic (exact) mass is 328 g/mol. The van der Waals surface area contributed by atoms with Gasteiger partial charge in [-0.05, 0) is 24.2 Å². The van der Waals surface area contributed by atoms with E-state index in [1.807, 2.05) is 0 Å². The van der Waals surface area contributed by atoms with Crippen LogP contribution in [-0.4, -0.2) is 6.61 Å². The highest BCUT2D eigenvalue weighted by Crippen LogP contribution is 2.35. The van der Waals surface area contributed by atoms with E-state index in [0.29, 0.717) is 11.3 Å². The summed E-state index contributed by atoms with van der Waals surface area (Å²) in [4.78, 5) is 0. The van der Waals surface area contributed by atoms with Gasteiger partial charge in [-0.25, -0.2) is 0 Å². The number of hydrogen-bond acceptors (Lipinski definition) is 1. The fraction of sp³-hybridized carbons (Fsp3) is 0.429. The Labute approximate surface area is 142 Å². The average Bonchev–Trinajstić information content (AvgIpc) is 2.51. The first-order valence-corrected chi connectivity index (χ1v) is 9.75. The van der Waals surface area contributed by atoms with E-state index in [1.54, 1.807) is 0 Å². The summed E-state index contributed by atoms with van der Waals surface area (Å²) in [5.74, 6) is 0.693. The molecular weight excluding hydrogens is 299 g/mol. The van der Waals surface area contributed by atoms with Crippen molar-refractivity contribution in [3.63, 3.8) is 0 Å². The Balaban J connectivity index is 2.00. The molecule has 0 fully saturated rings. The van der Waals surface area contributed by atoms with Crippen LogP contribution in [0, 0.1) is 11.3 Å². The Morgan fingerprint density at radius 1 is 0.870 bits per heavy atom. The molecule has 2 aromatic carbocycles. The molecule has 23 heavy (non-hydrogen) atoms. The van der Waals surface area contributed by atoms with Gasteiger partial charge in [0.25, 0.3) is 0 Å². The zero-order valence-corrected chi connectivity index (χ0v) is 15.7. The van der Waals surface area contributed by atoms with Crippen LogP contribution in [0.4, 0.5) is 0 Å². The maximum Gasteiger partial charge on any atom is 0.0917 e. The van der Waals surface area contributed by atoms with Gasteiger partial charge in [0.05, 0.1) is 14.8 Å². The molecular formula is C21H29OP. The van der Waals surface area contributed by atoms with Gasteiger partial charge in [-0.1, -0.05) is 88.4 Å². The van der Waals surface area contributed by atoms with Gasteiger partial charge in [-0.3, -0.25) is 0 Å². The average molecular weight is 328 g/mol. The molecule has 2 heteroatoms. The number of hydrogen-bond donors (Lipinski definition) is 0. The van der Waals surface area contributed by atoms with E-state index < -0.39 is 8.15 Å². The van der Waals surface area contributed by atoms with E-state index in [1.165, 1.54) is 17.0 Å². The van der Waals surface area contributed by atoms with Crippen molar-refractivity contribution in [3.8, 4) is 0 Å². The molecule has 124 valence electrons. The summed E-state index contributed by atoms with van der Waals surface area (Å²) in [5, 5.41) is 2.58. The molecule has 0 aliphatic heterocycles. The minimum atomic E-state index is -0.715. The second-order valence-electron chi connectivity index (χ2n) is 7.46. The van der Waals surface area contributed by atoms with E-state index in [2.05, 4.69) is 88.4 Å². The minimum Gasteiger partial charge on any atom is -0.350 e. The maximum atomic E-state index is 6.36. The summed E-state index contributed by atoms with van der Waals surface area (Å²) in [6.07, 6.45) is 2.36. The van der Waals surface area contributed by atoms with Crippen LogP contribution in [0.5, 0.6) is 0 Å². The normalized spacial score (nSPS) is 13.3. The summed E-state index contributed by atoms with van der Waals surface area (Å²) < 4.78 is 6.36. The fourth-order valence-corrected chi connectivity index (χ4v) is 4.69. The molecule has 2 rings (SSSR count). The number of benzene rings is 2. The summed E-state index contributed by atoms with van der Waals surface area (Å²) in [6, 6.07) is 21.2. The molecule has 1 unspecified atom stereocenters. The standard InChI is InChI=1S/C21H29OP/c1-18(17-21(2,3)4)15-16-22-23(19-11-7-5-8-12-19)20-13-9-6-10-14-20/h5-14,18H,15-17H2,1-4H3. The van der Waals surface area contributed by atoms with Crippen LogP contribution in [-0.2, 0) is 4.52 Å². The Hall–Kier alpha value is -1.17. The lowest BCUT2D eigenvalue weighted by Crippen LogP contribution is -2.16. The quantitative estimate of drug-likeness (QED) is 0.609. The topological polar surface area (TPSA) is 9.23 Å². The molecule has 0 heterocycles. The lowest BCUT2D eigenvalue weighted by molar-refractivity contribution is 0.255. The third kappa shape index (κ3) is 6.45. The maximum absolute atomic E-state index is 6.36. The van der Waals surface area contributed by atoms with E-state index in [0.717, 1.165) is 13.0 Å². The predicted molar refractivity (Wildman–Crippen MR) is 103 cm³/mol. The van der Waals surface area contributed by atoms with Crippen molar-refractivity contribution in [2.24, 2.45) is 11.3 Å². The Morgan fingerprint density at radius 2 is 1.35 bits per heavy atom. The van der Waals surface area contributed by atoms with E-state index in [-0.39, 0.29) is 0 Å². The van der Waals surface area contributed by atoms with E-state index in [9.17, 15) is 0 Å². The van der Waals surface area contributed by atoms with Crippen molar-refractivity contribution in [1.82, 2.24) is 0 Å². The first-order valence-electron chi connectivity index (χ1n) is 8.49. The lowest BCUT2D eigenvalue weighted by atomic mass is 9.84. The Bertz CT molecular complexity index is 520. The highest BCUT2D eigenvalue weighted by Gasteiger charge is 2.18. The van der Waals surface area contributed by atoms with E-state index in [4.69, 9.17) is 4.52 Å². The highest BCUT2D eigenvalue weighted by atomic mass is 31.1. The van der Waals surface area contributed by atoms with Crippen LogP contribution in [0.3, 0.4) is 0 Å². The molecule has 0 spiro atoms. The van der Waals surface area contributed by atoms with Crippen LogP contribution in [0.25, 0.3) is 0 Å². The highest BCUT2D eigenvalue weighted by molar-refractivity contribution is 7.68. The second-order valence-corrected chi connectivity index (χ2v) is 9.34. The lowest BCUT2D eigenvalue weighted by Gasteiger charge is -2.24. The van der Waals surface area contributed by atoms with Crippen molar-refractivity contribution in [2.45, 2.75) is 40.5 Å². The van der Waals surface area contributed by atoms with Gasteiger partial charge in [-0.2, -0.15) is 0 Å². The molecule has 1 atom stereocenters. The minimum absolute atomic E-state index is 0.392. The third-order valence-corrected chi connectivity index (χ3v) is 5.75. The van der Waals surface area contributed by atoms with Crippen molar-refractivity contribution in [2.75, 3.05) is 6.61 Å². The molecule has 0 aromatic heterocycles. The zero-order valence-electron chi connectivity index (χ0n) is 14.8. The summed E-state index contributed by atoms with van der Waals surface area (Å²) in [7, 11) is -0.715. The van der Waals surface area contributed by atoms with E-state index >= 15 is 0 Å². The van der Waals surface area contributed by atoms with Crippen LogP contribution in [0.1, 0.15) is 40.5 Å². The van der Waals surface area contributed by atoms with Crippen molar-refractivity contribution < 1.29 is 4.52 Å². The van der Waals surface area contributed by atoms with Crippen molar-refractivity contribution >= 4 is 18.8 Å². The van der Waals surface area contributed by atoms with Gasteiger partial charge in [0.1, 0.15) is 0 Å². The van der Waals surface area contributed by atoms with Gasteiger partial charge in [0.2, 0.25) is 0 Å². The van der Waals surface area contributed by atoms with Crippen LogP contribution < -0.4 is 10.6 Å². The van der Waals surface area contributed by atoms with Gasteiger partial charge >= 0.3 is 0 Å². The number of rotatable bonds is 7. The largest absolute Gasteiger partial charge is 0.350 e. The van der Waals surface area contributed by atoms with Gasteiger partial charge in [0, 0.05) is 10.6 Å². The van der Waals surface area contributed by atoms with Gasteiger partial charge in [-0.15, -0.1) is 0 Å². The molecule has 0 radical (unpaired) electrons. The van der Waals surface area contributed by atoms with Gasteiger partial charge < -0.3 is 4.52 Å². The SMILES string of the molecule is CC(CCOP(c1ccccc1)c1ccccc1)CC(C)(C)C. The molecule has 0 aliphatic rings. The van der Waals surface area contributed by atoms with Crippen molar-refractivity contribution in [1.29, 1.82) is 0 Å². The van der Waals surface area contributed by atoms with Crippen molar-refractivity contribution in [3.05, 3.63) is 60.7 Å². The van der Waals surface area contributed by atoms with Gasteiger partial charge in [0.15, 0.2) is 0 Å².